The van der Waals surface area contributed by atoms with Crippen molar-refractivity contribution < 1.29 is 5.11 Å². The van der Waals surface area contributed by atoms with Gasteiger partial charge in [-0.15, -0.1) is 0 Å². The van der Waals surface area contributed by atoms with Crippen LogP contribution in [0, 0.1) is 28.1 Å². The second-order valence-electron chi connectivity index (χ2n) is 9.22. The van der Waals surface area contributed by atoms with Gasteiger partial charge in [-0.1, -0.05) is 27.2 Å². The van der Waals surface area contributed by atoms with E-state index in [1.165, 1.54) is 38.5 Å². The fourth-order valence-electron chi connectivity index (χ4n) is 7.14. The van der Waals surface area contributed by atoms with Crippen molar-refractivity contribution in [1.29, 1.82) is 0 Å². The summed E-state index contributed by atoms with van der Waals surface area (Å²) >= 11 is 0. The molecule has 0 saturated heterocycles. The molecular weight excluding hydrogens is 246 g/mol. The van der Waals surface area contributed by atoms with Crippen LogP contribution in [0.4, 0.5) is 0 Å². The van der Waals surface area contributed by atoms with E-state index in [9.17, 15) is 5.11 Å². The van der Waals surface area contributed by atoms with E-state index < -0.39 is 0 Å². The molecule has 4 rings (SSSR count). The Bertz CT molecular complexity index is 362. The van der Waals surface area contributed by atoms with Crippen LogP contribution in [0.5, 0.6) is 0 Å². The number of aliphatic hydroxyl groups is 1. The van der Waals surface area contributed by atoms with Crippen molar-refractivity contribution in [3.05, 3.63) is 0 Å². The van der Waals surface area contributed by atoms with Crippen LogP contribution in [0.1, 0.15) is 72.1 Å². The largest absolute Gasteiger partial charge is 0.392 e. The Morgan fingerprint density at radius 1 is 1.10 bits per heavy atom. The maximum atomic E-state index is 11.2. The van der Waals surface area contributed by atoms with Crippen molar-refractivity contribution in [3.63, 3.8) is 0 Å². The van der Waals surface area contributed by atoms with Crippen molar-refractivity contribution in [2.75, 3.05) is 6.54 Å². The molecule has 2 nitrogen and oxygen atoms in total. The maximum absolute atomic E-state index is 11.2. The summed E-state index contributed by atoms with van der Waals surface area (Å²) in [5, 5.41) is 11.2. The van der Waals surface area contributed by atoms with Gasteiger partial charge >= 0.3 is 0 Å². The molecule has 0 aromatic rings. The van der Waals surface area contributed by atoms with Crippen LogP contribution in [0.3, 0.4) is 0 Å². The number of nitrogens with two attached hydrogens (primary N) is 1. The average molecular weight is 279 g/mol. The lowest BCUT2D eigenvalue weighted by molar-refractivity contribution is -0.195. The van der Waals surface area contributed by atoms with E-state index in [0.717, 1.165) is 18.8 Å². The van der Waals surface area contributed by atoms with Crippen LogP contribution in [0.15, 0.2) is 0 Å². The Morgan fingerprint density at radius 2 is 1.70 bits per heavy atom. The van der Waals surface area contributed by atoms with Crippen molar-refractivity contribution >= 4 is 0 Å². The molecule has 4 unspecified atom stereocenters. The minimum Gasteiger partial charge on any atom is -0.392 e. The lowest BCUT2D eigenvalue weighted by Crippen LogP contribution is -2.60. The van der Waals surface area contributed by atoms with Crippen LogP contribution < -0.4 is 5.73 Å². The molecule has 4 aliphatic carbocycles. The third kappa shape index (κ3) is 2.23. The monoisotopic (exact) mass is 279 g/mol. The first kappa shape index (κ1) is 14.8. The van der Waals surface area contributed by atoms with Gasteiger partial charge in [0.05, 0.1) is 6.10 Å². The second-order valence-corrected chi connectivity index (χ2v) is 9.22. The fourth-order valence-corrected chi connectivity index (χ4v) is 7.14. The van der Waals surface area contributed by atoms with Crippen LogP contribution in [-0.4, -0.2) is 17.8 Å². The minimum atomic E-state index is -0.172. The molecule has 4 bridgehead atoms. The predicted octanol–water partition coefficient (Wildman–Crippen LogP) is 3.72. The van der Waals surface area contributed by atoms with Crippen molar-refractivity contribution in [3.8, 4) is 0 Å². The van der Waals surface area contributed by atoms with Gasteiger partial charge in [0.25, 0.3) is 0 Å². The van der Waals surface area contributed by atoms with Crippen molar-refractivity contribution in [2.45, 2.75) is 78.2 Å². The lowest BCUT2D eigenvalue weighted by Gasteiger charge is -2.67. The van der Waals surface area contributed by atoms with Crippen LogP contribution >= 0.6 is 0 Å². The smallest absolute Gasteiger partial charge is 0.0637 e. The zero-order chi connectivity index (χ0) is 14.6. The summed E-state index contributed by atoms with van der Waals surface area (Å²) < 4.78 is 0. The van der Waals surface area contributed by atoms with E-state index in [1.54, 1.807) is 0 Å². The third-order valence-corrected chi connectivity index (χ3v) is 6.71. The number of aliphatic hydroxyl groups excluding tert-OH is 1. The molecule has 3 N–H and O–H groups in total. The molecule has 4 atom stereocenters. The van der Waals surface area contributed by atoms with Gasteiger partial charge in [-0.2, -0.15) is 0 Å². The zero-order valence-electron chi connectivity index (χ0n) is 13.6. The van der Waals surface area contributed by atoms with E-state index >= 15 is 0 Å². The molecule has 4 fully saturated rings. The van der Waals surface area contributed by atoms with E-state index in [1.807, 2.05) is 0 Å². The second kappa shape index (κ2) is 4.71. The Hall–Kier alpha value is -0.0800. The van der Waals surface area contributed by atoms with Gasteiger partial charge in [0.15, 0.2) is 0 Å². The first-order valence-electron chi connectivity index (χ1n) is 8.72. The first-order chi connectivity index (χ1) is 9.34. The first-order valence-corrected chi connectivity index (χ1v) is 8.72. The fraction of sp³-hybridized carbons (Fsp3) is 1.00. The van der Waals surface area contributed by atoms with Crippen LogP contribution in [0.25, 0.3) is 0 Å². The van der Waals surface area contributed by atoms with Crippen molar-refractivity contribution in [2.24, 2.45) is 33.8 Å². The van der Waals surface area contributed by atoms with Gasteiger partial charge in [0.1, 0.15) is 0 Å². The van der Waals surface area contributed by atoms with Crippen LogP contribution in [0.2, 0.25) is 0 Å². The summed E-state index contributed by atoms with van der Waals surface area (Å²) in [7, 11) is 0. The van der Waals surface area contributed by atoms with Gasteiger partial charge in [0.2, 0.25) is 0 Å². The van der Waals surface area contributed by atoms with E-state index in [-0.39, 0.29) is 11.5 Å². The molecule has 116 valence electrons. The lowest BCUT2D eigenvalue weighted by atomic mass is 9.39. The summed E-state index contributed by atoms with van der Waals surface area (Å²) in [6.45, 7) is 7.81. The van der Waals surface area contributed by atoms with Gasteiger partial charge in [-0.25, -0.2) is 0 Å². The third-order valence-electron chi connectivity index (χ3n) is 6.71. The average Bonchev–Trinajstić information content (AvgIpc) is 2.30. The van der Waals surface area contributed by atoms with Crippen LogP contribution in [-0.2, 0) is 0 Å². The van der Waals surface area contributed by atoms with E-state index in [4.69, 9.17) is 5.73 Å². The molecule has 0 radical (unpaired) electrons. The molecule has 0 aliphatic heterocycles. The standard InChI is InChI=1S/C18H33NO/c1-4-5-14(9-19)15(20)18-8-13-6-16(2,11-18)10-17(3,7-13)12-18/h13-15,20H,4-12,19H2,1-3H3. The quantitative estimate of drug-likeness (QED) is 0.805. The summed E-state index contributed by atoms with van der Waals surface area (Å²) in [6, 6.07) is 0. The molecule has 0 aromatic carbocycles. The normalized spacial score (nSPS) is 49.4. The Balaban J connectivity index is 1.88. The van der Waals surface area contributed by atoms with Crippen molar-refractivity contribution in [1.82, 2.24) is 0 Å². The number of hydrogen-bond donors (Lipinski definition) is 2. The summed E-state index contributed by atoms with van der Waals surface area (Å²) in [5.74, 6) is 1.17. The molecule has 4 aliphatic rings. The van der Waals surface area contributed by atoms with Gasteiger partial charge in [-0.3, -0.25) is 0 Å². The Labute approximate surface area is 124 Å². The number of rotatable bonds is 5. The van der Waals surface area contributed by atoms with Gasteiger partial charge < -0.3 is 10.8 Å². The van der Waals surface area contributed by atoms with Gasteiger partial charge in [-0.05, 0) is 79.6 Å². The Morgan fingerprint density at radius 3 is 2.15 bits per heavy atom. The zero-order valence-corrected chi connectivity index (χ0v) is 13.6. The highest BCUT2D eigenvalue weighted by molar-refractivity contribution is 5.12. The Kier molecular flexibility index (Phi) is 3.49. The molecule has 20 heavy (non-hydrogen) atoms. The summed E-state index contributed by atoms with van der Waals surface area (Å²) in [4.78, 5) is 0. The highest BCUT2D eigenvalue weighted by Crippen LogP contribution is 2.70. The molecule has 0 amide bonds. The van der Waals surface area contributed by atoms with E-state index in [0.29, 0.717) is 23.3 Å². The highest BCUT2D eigenvalue weighted by atomic mass is 16.3. The number of hydrogen-bond acceptors (Lipinski definition) is 2. The highest BCUT2D eigenvalue weighted by Gasteiger charge is 2.62. The van der Waals surface area contributed by atoms with E-state index in [2.05, 4.69) is 20.8 Å². The maximum Gasteiger partial charge on any atom is 0.0637 e. The topological polar surface area (TPSA) is 46.2 Å². The summed E-state index contributed by atoms with van der Waals surface area (Å²) in [6.07, 6.45) is 9.97. The predicted molar refractivity (Wildman–Crippen MR) is 83.3 cm³/mol. The molecular formula is C18H33NO. The molecule has 0 heterocycles. The SMILES string of the molecule is CCCC(CN)C(O)C12CC3CC(C)(CC(C)(C3)C1)C2. The molecule has 0 aromatic heterocycles. The molecule has 4 saturated carbocycles. The summed E-state index contributed by atoms with van der Waals surface area (Å²) in [5.41, 5.74) is 7.14. The molecule has 2 heteroatoms. The minimum absolute atomic E-state index is 0.172. The van der Waals surface area contributed by atoms with Gasteiger partial charge in [0, 0.05) is 0 Å². The molecule has 0 spiro atoms.